The lowest BCUT2D eigenvalue weighted by Gasteiger charge is -2.23. The molecular formula is C26H18Cl2N2O4S. The van der Waals surface area contributed by atoms with Crippen molar-refractivity contribution in [3.63, 3.8) is 0 Å². The molecule has 6 nitrogen and oxygen atoms in total. The van der Waals surface area contributed by atoms with Crippen molar-refractivity contribution < 1.29 is 19.4 Å². The molecule has 0 saturated carbocycles. The highest BCUT2D eigenvalue weighted by atomic mass is 35.5. The summed E-state index contributed by atoms with van der Waals surface area (Å²) in [5, 5.41) is 12.5. The standard InChI is InChI=1S/C26H18Cl2N2O4S/c1-2-34-18-11-12-19-20(13-18)35-26(29-19)30-22(14-3-7-16(27)8-4-14)21(24(32)25(30)33)23(31)15-5-9-17(28)10-6-15/h3-13,22,31H,2H2,1H3/t22-/m1/s1. The van der Waals surface area contributed by atoms with Gasteiger partial charge in [0.25, 0.3) is 5.78 Å². The number of aliphatic hydroxyl groups excluding tert-OH is 1. The number of nitrogens with zero attached hydrogens (tertiary/aromatic N) is 2. The highest BCUT2D eigenvalue weighted by Gasteiger charge is 2.48. The van der Waals surface area contributed by atoms with E-state index in [-0.39, 0.29) is 11.3 Å². The Hall–Kier alpha value is -3.39. The maximum Gasteiger partial charge on any atom is 0.301 e. The molecule has 4 aromatic rings. The summed E-state index contributed by atoms with van der Waals surface area (Å²) in [6.45, 7) is 2.42. The number of hydrogen-bond acceptors (Lipinski definition) is 6. The number of thiazole rings is 1. The summed E-state index contributed by atoms with van der Waals surface area (Å²) in [4.78, 5) is 32.6. The first-order valence-electron chi connectivity index (χ1n) is 10.7. The number of amides is 1. The van der Waals surface area contributed by atoms with Crippen LogP contribution in [0, 0.1) is 0 Å². The molecule has 0 radical (unpaired) electrons. The lowest BCUT2D eigenvalue weighted by molar-refractivity contribution is -0.132. The van der Waals surface area contributed by atoms with E-state index in [9.17, 15) is 14.7 Å². The third kappa shape index (κ3) is 4.27. The van der Waals surface area contributed by atoms with E-state index in [1.807, 2.05) is 19.1 Å². The molecule has 1 N–H and O–H groups in total. The molecule has 1 amide bonds. The number of carbonyl (C=O) groups excluding carboxylic acids is 2. The summed E-state index contributed by atoms with van der Waals surface area (Å²) in [6.07, 6.45) is 0. The molecule has 1 aliphatic rings. The third-order valence-electron chi connectivity index (χ3n) is 5.61. The van der Waals surface area contributed by atoms with Crippen LogP contribution in [0.25, 0.3) is 16.0 Å². The third-order valence-corrected chi connectivity index (χ3v) is 7.13. The molecule has 2 heterocycles. The van der Waals surface area contributed by atoms with Gasteiger partial charge in [0.2, 0.25) is 0 Å². The van der Waals surface area contributed by atoms with Gasteiger partial charge in [-0.3, -0.25) is 14.5 Å². The second-order valence-electron chi connectivity index (χ2n) is 7.79. The van der Waals surface area contributed by atoms with Gasteiger partial charge in [0.1, 0.15) is 11.5 Å². The zero-order valence-corrected chi connectivity index (χ0v) is 20.7. The summed E-state index contributed by atoms with van der Waals surface area (Å²) in [7, 11) is 0. The predicted molar refractivity (Wildman–Crippen MR) is 138 cm³/mol. The number of anilines is 1. The van der Waals surface area contributed by atoms with Crippen LogP contribution in [-0.2, 0) is 9.59 Å². The van der Waals surface area contributed by atoms with Gasteiger partial charge in [-0.15, -0.1) is 0 Å². The number of hydrogen-bond donors (Lipinski definition) is 1. The van der Waals surface area contributed by atoms with Gasteiger partial charge in [0.15, 0.2) is 5.13 Å². The van der Waals surface area contributed by atoms with Crippen molar-refractivity contribution in [3.8, 4) is 5.75 Å². The Morgan fingerprint density at radius 2 is 1.69 bits per heavy atom. The molecule has 3 aromatic carbocycles. The highest BCUT2D eigenvalue weighted by molar-refractivity contribution is 7.22. The number of ether oxygens (including phenoxy) is 1. The normalized spacial score (nSPS) is 17.3. The Balaban J connectivity index is 1.69. The van der Waals surface area contributed by atoms with E-state index >= 15 is 0 Å². The average molecular weight is 525 g/mol. The minimum absolute atomic E-state index is 0.0334. The van der Waals surface area contributed by atoms with Crippen molar-refractivity contribution in [1.82, 2.24) is 4.98 Å². The van der Waals surface area contributed by atoms with Crippen LogP contribution in [0.4, 0.5) is 5.13 Å². The maximum atomic E-state index is 13.3. The summed E-state index contributed by atoms with van der Waals surface area (Å²) < 4.78 is 6.38. The highest BCUT2D eigenvalue weighted by Crippen LogP contribution is 2.44. The minimum Gasteiger partial charge on any atom is -0.507 e. The SMILES string of the molecule is CCOc1ccc2nc(N3C(=O)C(=O)C(=C(O)c4ccc(Cl)cc4)[C@H]3c3ccc(Cl)cc3)sc2c1. The predicted octanol–water partition coefficient (Wildman–Crippen LogP) is 6.63. The quantitative estimate of drug-likeness (QED) is 0.180. The second kappa shape index (κ2) is 9.34. The molecule has 0 bridgehead atoms. The molecule has 1 fully saturated rings. The molecule has 35 heavy (non-hydrogen) atoms. The van der Waals surface area contributed by atoms with Crippen molar-refractivity contribution in [3.05, 3.63) is 93.5 Å². The van der Waals surface area contributed by atoms with Crippen molar-refractivity contribution in [1.29, 1.82) is 0 Å². The molecule has 1 atom stereocenters. The number of fused-ring (bicyclic) bond motifs is 1. The molecule has 1 aliphatic heterocycles. The van der Waals surface area contributed by atoms with E-state index in [4.69, 9.17) is 27.9 Å². The van der Waals surface area contributed by atoms with Gasteiger partial charge in [-0.2, -0.15) is 0 Å². The number of ketones is 1. The van der Waals surface area contributed by atoms with Gasteiger partial charge in [-0.1, -0.05) is 46.7 Å². The fourth-order valence-electron chi connectivity index (χ4n) is 4.01. The first kappa shape index (κ1) is 23.4. The minimum atomic E-state index is -0.894. The van der Waals surface area contributed by atoms with Gasteiger partial charge >= 0.3 is 5.91 Å². The molecule has 0 unspecified atom stereocenters. The van der Waals surface area contributed by atoms with E-state index in [0.717, 1.165) is 4.70 Å². The smallest absolute Gasteiger partial charge is 0.301 e. The Kier molecular flexibility index (Phi) is 6.23. The number of aliphatic hydroxyl groups is 1. The average Bonchev–Trinajstić information content (AvgIpc) is 3.38. The van der Waals surface area contributed by atoms with Crippen LogP contribution in [0.1, 0.15) is 24.1 Å². The van der Waals surface area contributed by atoms with E-state index in [1.54, 1.807) is 54.6 Å². The molecule has 1 saturated heterocycles. The van der Waals surface area contributed by atoms with E-state index in [2.05, 4.69) is 4.98 Å². The van der Waals surface area contributed by atoms with Crippen LogP contribution < -0.4 is 9.64 Å². The molecule has 176 valence electrons. The monoisotopic (exact) mass is 524 g/mol. The number of halogens is 2. The fraction of sp³-hybridized carbons (Fsp3) is 0.115. The lowest BCUT2D eigenvalue weighted by atomic mass is 9.95. The van der Waals surface area contributed by atoms with Gasteiger partial charge in [0.05, 0.1) is 28.4 Å². The Labute approximate surface area is 215 Å². The van der Waals surface area contributed by atoms with E-state index in [0.29, 0.717) is 44.2 Å². The van der Waals surface area contributed by atoms with Crippen LogP contribution in [0.15, 0.2) is 72.3 Å². The summed E-state index contributed by atoms with van der Waals surface area (Å²) in [6, 6.07) is 17.8. The summed E-state index contributed by atoms with van der Waals surface area (Å²) >= 11 is 13.3. The van der Waals surface area contributed by atoms with Gasteiger partial charge in [0, 0.05) is 15.6 Å². The molecule has 9 heteroatoms. The maximum absolute atomic E-state index is 13.3. The van der Waals surface area contributed by atoms with E-state index in [1.165, 1.54) is 16.2 Å². The van der Waals surface area contributed by atoms with Crippen LogP contribution in [0.2, 0.25) is 10.0 Å². The zero-order valence-electron chi connectivity index (χ0n) is 18.4. The van der Waals surface area contributed by atoms with Crippen LogP contribution in [0.3, 0.4) is 0 Å². The van der Waals surface area contributed by atoms with Crippen molar-refractivity contribution in [2.45, 2.75) is 13.0 Å². The van der Waals surface area contributed by atoms with Gasteiger partial charge in [-0.05, 0) is 67.1 Å². The van der Waals surface area contributed by atoms with Crippen LogP contribution >= 0.6 is 34.5 Å². The van der Waals surface area contributed by atoms with E-state index < -0.39 is 17.7 Å². The number of benzene rings is 3. The Bertz CT molecular complexity index is 1480. The fourth-order valence-corrected chi connectivity index (χ4v) is 5.28. The molecule has 5 rings (SSSR count). The van der Waals surface area contributed by atoms with Crippen molar-refractivity contribution in [2.75, 3.05) is 11.5 Å². The molecular weight excluding hydrogens is 507 g/mol. The summed E-state index contributed by atoms with van der Waals surface area (Å²) in [5.74, 6) is -1.17. The Morgan fingerprint density at radius 3 is 2.34 bits per heavy atom. The first-order chi connectivity index (χ1) is 16.9. The number of rotatable bonds is 5. The topological polar surface area (TPSA) is 79.7 Å². The van der Waals surface area contributed by atoms with Crippen molar-refractivity contribution in [2.24, 2.45) is 0 Å². The van der Waals surface area contributed by atoms with Crippen LogP contribution in [0.5, 0.6) is 5.75 Å². The number of carbonyl (C=O) groups is 2. The van der Waals surface area contributed by atoms with Gasteiger partial charge in [-0.25, -0.2) is 4.98 Å². The first-order valence-corrected chi connectivity index (χ1v) is 12.3. The second-order valence-corrected chi connectivity index (χ2v) is 9.67. The zero-order chi connectivity index (χ0) is 24.7. The molecule has 1 aromatic heterocycles. The largest absolute Gasteiger partial charge is 0.507 e. The van der Waals surface area contributed by atoms with Crippen LogP contribution in [-0.4, -0.2) is 28.4 Å². The number of aromatic nitrogens is 1. The van der Waals surface area contributed by atoms with Crippen molar-refractivity contribution >= 4 is 67.3 Å². The molecule has 0 aliphatic carbocycles. The lowest BCUT2D eigenvalue weighted by Crippen LogP contribution is -2.29. The Morgan fingerprint density at radius 1 is 1.03 bits per heavy atom. The molecule has 0 spiro atoms. The summed E-state index contributed by atoms with van der Waals surface area (Å²) in [5.41, 5.74) is 1.62. The van der Waals surface area contributed by atoms with Gasteiger partial charge < -0.3 is 9.84 Å². The number of Topliss-reactive ketones (excluding diaryl/α,β-unsaturated/α-hetero) is 1.